The van der Waals surface area contributed by atoms with Crippen LogP contribution < -0.4 is 5.32 Å². The summed E-state index contributed by atoms with van der Waals surface area (Å²) >= 11 is 1.82. The van der Waals surface area contributed by atoms with Gasteiger partial charge in [-0.25, -0.2) is 9.50 Å². The Morgan fingerprint density at radius 3 is 2.74 bits per heavy atom. The third-order valence-corrected chi connectivity index (χ3v) is 5.15. The summed E-state index contributed by atoms with van der Waals surface area (Å²) in [5.74, 6) is 0.909. The van der Waals surface area contributed by atoms with Crippen molar-refractivity contribution in [1.82, 2.24) is 14.6 Å². The van der Waals surface area contributed by atoms with Crippen LogP contribution in [0.15, 0.2) is 42.5 Å². The van der Waals surface area contributed by atoms with Crippen molar-refractivity contribution in [1.29, 1.82) is 0 Å². The van der Waals surface area contributed by atoms with Crippen LogP contribution in [0, 0.1) is 13.8 Å². The SMILES string of the molecule is Cc1cc2nc(N[C@@H](C)c3ccc(C)s3)c3ccccc3n2n1. The van der Waals surface area contributed by atoms with E-state index in [2.05, 4.69) is 48.5 Å². The number of anilines is 1. The van der Waals surface area contributed by atoms with Crippen LogP contribution in [0.25, 0.3) is 16.6 Å². The lowest BCUT2D eigenvalue weighted by atomic mass is 10.2. The summed E-state index contributed by atoms with van der Waals surface area (Å²) in [6.07, 6.45) is 0. The maximum atomic E-state index is 4.79. The average molecular weight is 322 g/mol. The molecule has 4 nitrogen and oxygen atoms in total. The lowest BCUT2D eigenvalue weighted by molar-refractivity contribution is 0.894. The largest absolute Gasteiger partial charge is 0.362 e. The summed E-state index contributed by atoms with van der Waals surface area (Å²) < 4.78 is 1.91. The first-order valence-electron chi connectivity index (χ1n) is 7.70. The molecule has 0 saturated carbocycles. The van der Waals surface area contributed by atoms with Gasteiger partial charge in [0.15, 0.2) is 5.65 Å². The van der Waals surface area contributed by atoms with Gasteiger partial charge in [0.1, 0.15) is 5.82 Å². The van der Waals surface area contributed by atoms with Crippen molar-refractivity contribution in [3.63, 3.8) is 0 Å². The second-order valence-corrected chi connectivity index (χ2v) is 7.17. The molecule has 0 fully saturated rings. The number of hydrogen-bond donors (Lipinski definition) is 1. The lowest BCUT2D eigenvalue weighted by Gasteiger charge is -2.15. The van der Waals surface area contributed by atoms with Crippen LogP contribution in [0.4, 0.5) is 5.82 Å². The summed E-state index contributed by atoms with van der Waals surface area (Å²) in [5.41, 5.74) is 2.92. The fourth-order valence-corrected chi connectivity index (χ4v) is 3.73. The van der Waals surface area contributed by atoms with Crippen molar-refractivity contribution >= 4 is 33.7 Å². The number of hydrogen-bond acceptors (Lipinski definition) is 4. The number of benzene rings is 1. The second kappa shape index (κ2) is 5.35. The molecule has 116 valence electrons. The zero-order valence-corrected chi connectivity index (χ0v) is 14.2. The number of nitrogens with one attached hydrogen (secondary N) is 1. The Morgan fingerprint density at radius 1 is 1.13 bits per heavy atom. The summed E-state index contributed by atoms with van der Waals surface area (Å²) in [5, 5.41) is 9.21. The number of para-hydroxylation sites is 1. The quantitative estimate of drug-likeness (QED) is 0.593. The van der Waals surface area contributed by atoms with Gasteiger partial charge in [-0.2, -0.15) is 5.10 Å². The lowest BCUT2D eigenvalue weighted by Crippen LogP contribution is -2.08. The normalized spacial score (nSPS) is 12.8. The van der Waals surface area contributed by atoms with E-state index >= 15 is 0 Å². The summed E-state index contributed by atoms with van der Waals surface area (Å²) in [6.45, 7) is 6.30. The van der Waals surface area contributed by atoms with Crippen LogP contribution in [0.1, 0.15) is 28.4 Å². The first kappa shape index (κ1) is 14.2. The minimum Gasteiger partial charge on any atom is -0.362 e. The van der Waals surface area contributed by atoms with Crippen molar-refractivity contribution in [2.75, 3.05) is 5.32 Å². The van der Waals surface area contributed by atoms with E-state index in [4.69, 9.17) is 4.98 Å². The molecule has 1 N–H and O–H groups in total. The van der Waals surface area contributed by atoms with E-state index in [0.717, 1.165) is 28.1 Å². The molecule has 0 unspecified atom stereocenters. The van der Waals surface area contributed by atoms with Gasteiger partial charge in [0.05, 0.1) is 17.3 Å². The predicted molar refractivity (Wildman–Crippen MR) is 96.3 cm³/mol. The van der Waals surface area contributed by atoms with E-state index in [9.17, 15) is 0 Å². The van der Waals surface area contributed by atoms with E-state index in [1.54, 1.807) is 0 Å². The molecule has 0 radical (unpaired) electrons. The third-order valence-electron chi connectivity index (χ3n) is 3.97. The Kier molecular flexibility index (Phi) is 3.31. The molecule has 0 saturated heterocycles. The van der Waals surface area contributed by atoms with Gasteiger partial charge in [-0.3, -0.25) is 0 Å². The van der Waals surface area contributed by atoms with E-state index in [-0.39, 0.29) is 6.04 Å². The molecule has 23 heavy (non-hydrogen) atoms. The first-order valence-corrected chi connectivity index (χ1v) is 8.51. The fraction of sp³-hybridized carbons (Fsp3) is 0.222. The van der Waals surface area contributed by atoms with Crippen molar-refractivity contribution in [3.8, 4) is 0 Å². The highest BCUT2D eigenvalue weighted by molar-refractivity contribution is 7.12. The van der Waals surface area contributed by atoms with E-state index < -0.39 is 0 Å². The van der Waals surface area contributed by atoms with E-state index in [1.165, 1.54) is 9.75 Å². The Labute approximate surface area is 138 Å². The Bertz CT molecular complexity index is 999. The molecule has 5 heteroatoms. The van der Waals surface area contributed by atoms with Crippen LogP contribution >= 0.6 is 11.3 Å². The molecule has 4 rings (SSSR count). The standard InChI is InChI=1S/C18H18N4S/c1-11-10-17-20-18(19-13(3)16-9-8-12(2)23-16)14-6-4-5-7-15(14)22(17)21-11/h4-10,13H,1-3H3,(H,19,20)/t13-/m0/s1. The van der Waals surface area contributed by atoms with Crippen LogP contribution in [0.2, 0.25) is 0 Å². The van der Waals surface area contributed by atoms with Gasteiger partial charge in [0.25, 0.3) is 0 Å². The molecule has 1 atom stereocenters. The predicted octanol–water partition coefficient (Wildman–Crippen LogP) is 4.73. The van der Waals surface area contributed by atoms with Crippen molar-refractivity contribution < 1.29 is 0 Å². The maximum absolute atomic E-state index is 4.79. The smallest absolute Gasteiger partial charge is 0.158 e. The van der Waals surface area contributed by atoms with Gasteiger partial charge in [-0.1, -0.05) is 12.1 Å². The zero-order valence-electron chi connectivity index (χ0n) is 13.4. The van der Waals surface area contributed by atoms with Gasteiger partial charge in [0.2, 0.25) is 0 Å². The topological polar surface area (TPSA) is 42.2 Å². The van der Waals surface area contributed by atoms with Crippen molar-refractivity contribution in [2.45, 2.75) is 26.8 Å². The van der Waals surface area contributed by atoms with Gasteiger partial charge < -0.3 is 5.32 Å². The molecule has 1 aromatic carbocycles. The average Bonchev–Trinajstić information content (AvgIpc) is 3.13. The second-order valence-electron chi connectivity index (χ2n) is 5.85. The number of nitrogens with zero attached hydrogens (tertiary/aromatic N) is 3. The summed E-state index contributed by atoms with van der Waals surface area (Å²) in [6, 6.07) is 14.8. The van der Waals surface area contributed by atoms with Gasteiger partial charge in [-0.15, -0.1) is 11.3 Å². The fourth-order valence-electron chi connectivity index (χ4n) is 2.85. The number of fused-ring (bicyclic) bond motifs is 3. The minimum absolute atomic E-state index is 0.219. The monoisotopic (exact) mass is 322 g/mol. The molecular weight excluding hydrogens is 304 g/mol. The Balaban J connectivity index is 1.84. The first-order chi connectivity index (χ1) is 11.1. The highest BCUT2D eigenvalue weighted by Gasteiger charge is 2.13. The van der Waals surface area contributed by atoms with Crippen LogP contribution in [0.3, 0.4) is 0 Å². The number of aromatic nitrogens is 3. The maximum Gasteiger partial charge on any atom is 0.158 e. The minimum atomic E-state index is 0.219. The number of aryl methyl sites for hydroxylation is 2. The van der Waals surface area contributed by atoms with Crippen molar-refractivity contribution in [2.24, 2.45) is 0 Å². The van der Waals surface area contributed by atoms with Crippen LogP contribution in [-0.2, 0) is 0 Å². The van der Waals surface area contributed by atoms with Gasteiger partial charge >= 0.3 is 0 Å². The van der Waals surface area contributed by atoms with Gasteiger partial charge in [-0.05, 0) is 45.0 Å². The molecule has 0 amide bonds. The summed E-state index contributed by atoms with van der Waals surface area (Å²) in [7, 11) is 0. The molecule has 3 heterocycles. The Hall–Kier alpha value is -2.40. The van der Waals surface area contributed by atoms with Crippen LogP contribution in [-0.4, -0.2) is 14.6 Å². The van der Waals surface area contributed by atoms with Crippen LogP contribution in [0.5, 0.6) is 0 Å². The number of thiophene rings is 1. The molecule has 0 aliphatic carbocycles. The summed E-state index contributed by atoms with van der Waals surface area (Å²) in [4.78, 5) is 7.44. The molecule has 0 spiro atoms. The molecular formula is C18H18N4S. The molecule has 0 bridgehead atoms. The molecule has 4 aromatic rings. The highest BCUT2D eigenvalue weighted by atomic mass is 32.1. The van der Waals surface area contributed by atoms with E-state index in [0.29, 0.717) is 0 Å². The Morgan fingerprint density at radius 2 is 1.96 bits per heavy atom. The number of rotatable bonds is 3. The molecule has 0 aliphatic rings. The molecule has 0 aliphatic heterocycles. The zero-order chi connectivity index (χ0) is 16.0. The van der Waals surface area contributed by atoms with Crippen molar-refractivity contribution in [3.05, 3.63) is 57.9 Å². The molecule has 3 aromatic heterocycles. The third kappa shape index (κ3) is 2.47. The van der Waals surface area contributed by atoms with E-state index in [1.807, 2.05) is 41.0 Å². The van der Waals surface area contributed by atoms with Gasteiger partial charge in [0, 0.05) is 21.2 Å². The highest BCUT2D eigenvalue weighted by Crippen LogP contribution is 2.29.